The normalized spacial score (nSPS) is 10.6. The third-order valence-electron chi connectivity index (χ3n) is 5.80. The number of aromatic nitrogens is 4. The number of halogens is 3. The number of fused-ring (bicyclic) bond motifs is 1. The molecular formula is C27H28Cl2FN5O. The van der Waals surface area contributed by atoms with Gasteiger partial charge in [0, 0.05) is 29.7 Å². The van der Waals surface area contributed by atoms with Crippen LogP contribution >= 0.6 is 24.8 Å². The second-order valence-corrected chi connectivity index (χ2v) is 8.21. The molecule has 0 aliphatic rings. The Balaban J connectivity index is 0.00000180. The molecule has 1 N–H and O–H groups in total. The topological polar surface area (TPSA) is 56.4 Å². The molecule has 0 radical (unpaired) electrons. The summed E-state index contributed by atoms with van der Waals surface area (Å²) in [5.74, 6) is 0.478. The van der Waals surface area contributed by atoms with E-state index in [1.54, 1.807) is 25.6 Å². The molecule has 0 aliphatic heterocycles. The van der Waals surface area contributed by atoms with Gasteiger partial charge in [0.25, 0.3) is 0 Å². The number of hydrogen-bond donors (Lipinski definition) is 1. The summed E-state index contributed by atoms with van der Waals surface area (Å²) in [4.78, 5) is 9.28. The molecule has 9 heteroatoms. The summed E-state index contributed by atoms with van der Waals surface area (Å²) in [6.07, 6.45) is 7.60. The van der Waals surface area contributed by atoms with Crippen molar-refractivity contribution in [2.24, 2.45) is 0 Å². The fourth-order valence-corrected chi connectivity index (χ4v) is 4.21. The van der Waals surface area contributed by atoms with Crippen molar-refractivity contribution in [3.8, 4) is 22.7 Å². The van der Waals surface area contributed by atoms with Gasteiger partial charge in [-0.25, -0.2) is 14.4 Å². The lowest BCUT2D eigenvalue weighted by Gasteiger charge is -2.13. The van der Waals surface area contributed by atoms with Gasteiger partial charge in [-0.1, -0.05) is 13.3 Å². The van der Waals surface area contributed by atoms with Gasteiger partial charge in [0.05, 0.1) is 41.9 Å². The Kier molecular flexibility index (Phi) is 8.61. The molecule has 0 aliphatic carbocycles. The molecule has 3 aromatic heterocycles. The zero-order valence-electron chi connectivity index (χ0n) is 20.2. The highest BCUT2D eigenvalue weighted by atomic mass is 35.5. The molecule has 0 fully saturated rings. The van der Waals surface area contributed by atoms with Crippen molar-refractivity contribution in [1.82, 2.24) is 18.9 Å². The molecule has 188 valence electrons. The first-order valence-corrected chi connectivity index (χ1v) is 11.3. The number of methoxy groups -OCH3 is 1. The van der Waals surface area contributed by atoms with E-state index in [-0.39, 0.29) is 30.6 Å². The number of anilines is 2. The van der Waals surface area contributed by atoms with E-state index in [9.17, 15) is 4.39 Å². The molecule has 2 aromatic carbocycles. The minimum atomic E-state index is -0.254. The largest absolute Gasteiger partial charge is 0.494 e. The molecule has 0 bridgehead atoms. The van der Waals surface area contributed by atoms with Crippen molar-refractivity contribution in [2.75, 3.05) is 12.4 Å². The standard InChI is InChI=1S/C27H26FN5O.2ClH/c1-4-6-24-26(19-8-10-20(28)11-9-19)31-27-22(7-5-14-33(24)27)30-21-12-13-23(25(15-21)34-3)32-16-18(2)29-17-32;;/h5,7-17,30H,4,6H2,1-3H3;2*1H. The summed E-state index contributed by atoms with van der Waals surface area (Å²) in [5, 5.41) is 3.50. The van der Waals surface area contributed by atoms with E-state index in [2.05, 4.69) is 21.6 Å². The van der Waals surface area contributed by atoms with E-state index in [0.717, 1.165) is 63.9 Å². The van der Waals surface area contributed by atoms with Crippen LogP contribution in [0, 0.1) is 12.7 Å². The summed E-state index contributed by atoms with van der Waals surface area (Å²) < 4.78 is 23.2. The Morgan fingerprint density at radius 2 is 1.83 bits per heavy atom. The lowest BCUT2D eigenvalue weighted by atomic mass is 10.1. The summed E-state index contributed by atoms with van der Waals surface area (Å²) in [5.41, 5.74) is 7.32. The van der Waals surface area contributed by atoms with Crippen molar-refractivity contribution in [3.05, 3.63) is 90.5 Å². The second kappa shape index (κ2) is 11.5. The third kappa shape index (κ3) is 5.17. The van der Waals surface area contributed by atoms with E-state index < -0.39 is 0 Å². The van der Waals surface area contributed by atoms with Gasteiger partial charge in [-0.2, -0.15) is 0 Å². The SMILES string of the molecule is CCCc1c(-c2ccc(F)cc2)nc2c(Nc3ccc(-n4cnc(C)c4)c(OC)c3)cccn12.Cl.Cl. The van der Waals surface area contributed by atoms with Gasteiger partial charge in [-0.05, 0) is 61.9 Å². The minimum Gasteiger partial charge on any atom is -0.494 e. The van der Waals surface area contributed by atoms with Crippen LogP contribution in [-0.4, -0.2) is 26.0 Å². The summed E-state index contributed by atoms with van der Waals surface area (Å²) in [6.45, 7) is 4.10. The summed E-state index contributed by atoms with van der Waals surface area (Å²) in [7, 11) is 1.66. The average molecular weight is 528 g/mol. The summed E-state index contributed by atoms with van der Waals surface area (Å²) >= 11 is 0. The van der Waals surface area contributed by atoms with Crippen molar-refractivity contribution < 1.29 is 9.13 Å². The first kappa shape index (κ1) is 27.0. The van der Waals surface area contributed by atoms with Crippen LogP contribution in [0.5, 0.6) is 5.75 Å². The van der Waals surface area contributed by atoms with E-state index in [1.165, 1.54) is 12.1 Å². The minimum absolute atomic E-state index is 0. The van der Waals surface area contributed by atoms with Gasteiger partial charge in [0.15, 0.2) is 5.65 Å². The lowest BCUT2D eigenvalue weighted by Crippen LogP contribution is -1.99. The van der Waals surface area contributed by atoms with E-state index >= 15 is 0 Å². The van der Waals surface area contributed by atoms with E-state index in [1.807, 2.05) is 54.2 Å². The number of imidazole rings is 2. The number of aryl methyl sites for hydroxylation is 2. The van der Waals surface area contributed by atoms with Crippen LogP contribution in [0.15, 0.2) is 73.3 Å². The number of hydrogen-bond acceptors (Lipinski definition) is 4. The second-order valence-electron chi connectivity index (χ2n) is 8.21. The van der Waals surface area contributed by atoms with Crippen molar-refractivity contribution >= 4 is 41.8 Å². The first-order valence-electron chi connectivity index (χ1n) is 11.3. The molecule has 0 saturated heterocycles. The van der Waals surface area contributed by atoms with Crippen LogP contribution < -0.4 is 10.1 Å². The molecule has 0 atom stereocenters. The molecule has 3 heterocycles. The fourth-order valence-electron chi connectivity index (χ4n) is 4.21. The number of nitrogens with one attached hydrogen (secondary N) is 1. The average Bonchev–Trinajstić information content (AvgIpc) is 3.44. The molecule has 36 heavy (non-hydrogen) atoms. The lowest BCUT2D eigenvalue weighted by molar-refractivity contribution is 0.413. The maximum absolute atomic E-state index is 13.5. The third-order valence-corrected chi connectivity index (χ3v) is 5.80. The number of ether oxygens (including phenoxy) is 1. The predicted octanol–water partition coefficient (Wildman–Crippen LogP) is 7.18. The zero-order valence-corrected chi connectivity index (χ0v) is 21.9. The van der Waals surface area contributed by atoms with Crippen LogP contribution in [0.3, 0.4) is 0 Å². The molecule has 6 nitrogen and oxygen atoms in total. The number of benzene rings is 2. The smallest absolute Gasteiger partial charge is 0.161 e. The Labute approximate surface area is 222 Å². The quantitative estimate of drug-likeness (QED) is 0.243. The molecular weight excluding hydrogens is 500 g/mol. The highest BCUT2D eigenvalue weighted by Gasteiger charge is 2.16. The van der Waals surface area contributed by atoms with Crippen molar-refractivity contribution in [1.29, 1.82) is 0 Å². The zero-order chi connectivity index (χ0) is 23.7. The molecule has 5 rings (SSSR count). The molecule has 0 saturated carbocycles. The van der Waals surface area contributed by atoms with Crippen LogP contribution in [0.1, 0.15) is 24.7 Å². The number of rotatable bonds is 7. The van der Waals surface area contributed by atoms with Gasteiger partial charge in [0.2, 0.25) is 0 Å². The molecule has 0 amide bonds. The van der Waals surface area contributed by atoms with Crippen LogP contribution in [0.2, 0.25) is 0 Å². The van der Waals surface area contributed by atoms with E-state index in [4.69, 9.17) is 9.72 Å². The molecule has 0 spiro atoms. The fraction of sp³-hybridized carbons (Fsp3) is 0.185. The maximum atomic E-state index is 13.5. The highest BCUT2D eigenvalue weighted by Crippen LogP contribution is 2.32. The Morgan fingerprint density at radius 3 is 2.50 bits per heavy atom. The van der Waals surface area contributed by atoms with Crippen LogP contribution in [0.25, 0.3) is 22.6 Å². The van der Waals surface area contributed by atoms with Crippen LogP contribution in [0.4, 0.5) is 15.8 Å². The van der Waals surface area contributed by atoms with E-state index in [0.29, 0.717) is 0 Å². The maximum Gasteiger partial charge on any atom is 0.161 e. The van der Waals surface area contributed by atoms with Gasteiger partial charge < -0.3 is 19.0 Å². The number of pyridine rings is 1. The van der Waals surface area contributed by atoms with Crippen molar-refractivity contribution in [3.63, 3.8) is 0 Å². The van der Waals surface area contributed by atoms with Gasteiger partial charge in [-0.15, -0.1) is 24.8 Å². The summed E-state index contributed by atoms with van der Waals surface area (Å²) in [6, 6.07) is 16.5. The Morgan fingerprint density at radius 1 is 1.06 bits per heavy atom. The van der Waals surface area contributed by atoms with Gasteiger partial charge in [-0.3, -0.25) is 0 Å². The van der Waals surface area contributed by atoms with Gasteiger partial charge in [0.1, 0.15) is 11.6 Å². The molecule has 0 unspecified atom stereocenters. The highest BCUT2D eigenvalue weighted by molar-refractivity contribution is 5.85. The number of nitrogens with zero attached hydrogens (tertiary/aromatic N) is 4. The Hall–Kier alpha value is -3.55. The molecule has 5 aromatic rings. The first-order chi connectivity index (χ1) is 16.6. The van der Waals surface area contributed by atoms with Crippen LogP contribution in [-0.2, 0) is 6.42 Å². The Bertz CT molecular complexity index is 1460. The van der Waals surface area contributed by atoms with Gasteiger partial charge >= 0.3 is 0 Å². The van der Waals surface area contributed by atoms with Crippen molar-refractivity contribution in [2.45, 2.75) is 26.7 Å². The predicted molar refractivity (Wildman–Crippen MR) is 147 cm³/mol. The monoisotopic (exact) mass is 527 g/mol.